The molecule has 1 aliphatic rings. The highest BCUT2D eigenvalue weighted by molar-refractivity contribution is 7.80. The highest BCUT2D eigenvalue weighted by atomic mass is 32.1. The molecule has 8 heteroatoms. The Balaban J connectivity index is 2.66. The number of hydrogen-bond acceptors (Lipinski definition) is 3. The Bertz CT molecular complexity index is 308. The van der Waals surface area contributed by atoms with E-state index in [1.165, 1.54) is 4.90 Å². The van der Waals surface area contributed by atoms with Crippen LogP contribution in [0.15, 0.2) is 0 Å². The minimum atomic E-state index is -4.46. The highest BCUT2D eigenvalue weighted by Gasteiger charge is 2.42. The molecule has 4 nitrogen and oxygen atoms in total. The molecule has 1 aliphatic heterocycles. The van der Waals surface area contributed by atoms with Crippen molar-refractivity contribution in [3.8, 4) is 0 Å². The van der Waals surface area contributed by atoms with Gasteiger partial charge in [-0.2, -0.15) is 13.2 Å². The van der Waals surface area contributed by atoms with E-state index >= 15 is 0 Å². The predicted octanol–water partition coefficient (Wildman–Crippen LogP) is 0.273. The van der Waals surface area contributed by atoms with Crippen molar-refractivity contribution in [1.82, 2.24) is 10.2 Å². The predicted molar refractivity (Wildman–Crippen MR) is 60.4 cm³/mol. The molecule has 0 radical (unpaired) electrons. The van der Waals surface area contributed by atoms with E-state index in [0.29, 0.717) is 19.5 Å². The van der Waals surface area contributed by atoms with Gasteiger partial charge in [-0.05, 0) is 6.42 Å². The molecule has 1 saturated heterocycles. The summed E-state index contributed by atoms with van der Waals surface area (Å²) in [5, 5.41) is 2.59. The maximum absolute atomic E-state index is 12.6. The summed E-state index contributed by atoms with van der Waals surface area (Å²) in [5.41, 5.74) is 5.10. The highest BCUT2D eigenvalue weighted by Crippen LogP contribution is 2.27. The van der Waals surface area contributed by atoms with Gasteiger partial charge >= 0.3 is 6.18 Å². The van der Waals surface area contributed by atoms with E-state index in [-0.39, 0.29) is 19.0 Å². The molecule has 17 heavy (non-hydrogen) atoms. The third-order valence-electron chi connectivity index (χ3n) is 2.52. The normalized spacial score (nSPS) is 20.5. The number of nitrogens with zero attached hydrogens (tertiary/aromatic N) is 1. The molecule has 1 fully saturated rings. The van der Waals surface area contributed by atoms with Gasteiger partial charge in [0.05, 0.1) is 11.5 Å². The minimum absolute atomic E-state index is 0.0464. The third kappa shape index (κ3) is 4.47. The van der Waals surface area contributed by atoms with Crippen LogP contribution in [0.5, 0.6) is 0 Å². The van der Waals surface area contributed by atoms with Crippen LogP contribution in [0.4, 0.5) is 13.2 Å². The topological polar surface area (TPSA) is 58.4 Å². The summed E-state index contributed by atoms with van der Waals surface area (Å²) in [6.45, 7) is 0.508. The van der Waals surface area contributed by atoms with E-state index in [9.17, 15) is 18.0 Å². The number of halogens is 3. The first-order chi connectivity index (χ1) is 7.80. The Morgan fingerprint density at radius 1 is 1.59 bits per heavy atom. The van der Waals surface area contributed by atoms with Crippen LogP contribution in [-0.4, -0.2) is 48.2 Å². The van der Waals surface area contributed by atoms with E-state index < -0.39 is 17.1 Å². The van der Waals surface area contributed by atoms with Crippen molar-refractivity contribution in [3.63, 3.8) is 0 Å². The van der Waals surface area contributed by atoms with E-state index in [4.69, 9.17) is 5.73 Å². The Labute approximate surface area is 102 Å². The molecule has 1 heterocycles. The number of carbonyl (C=O) groups excluding carboxylic acids is 1. The van der Waals surface area contributed by atoms with Gasteiger partial charge in [-0.15, -0.1) is 0 Å². The average molecular weight is 269 g/mol. The van der Waals surface area contributed by atoms with Crippen molar-refractivity contribution in [3.05, 3.63) is 0 Å². The third-order valence-corrected chi connectivity index (χ3v) is 2.80. The number of hydrogen-bond donors (Lipinski definition) is 2. The first-order valence-corrected chi connectivity index (χ1v) is 5.56. The first-order valence-electron chi connectivity index (χ1n) is 5.16. The summed E-state index contributed by atoms with van der Waals surface area (Å²) >= 11 is 4.43. The lowest BCUT2D eigenvalue weighted by Crippen LogP contribution is -2.45. The van der Waals surface area contributed by atoms with Crippen LogP contribution in [0.1, 0.15) is 6.42 Å². The fraction of sp³-hybridized carbons (Fsp3) is 0.778. The molecule has 0 aromatic rings. The van der Waals surface area contributed by atoms with Crippen LogP contribution in [-0.2, 0) is 4.79 Å². The Kier molecular flexibility index (Phi) is 4.70. The summed E-state index contributed by atoms with van der Waals surface area (Å²) in [5.74, 6) is -2.13. The molecule has 0 bridgehead atoms. The van der Waals surface area contributed by atoms with E-state index in [1.54, 1.807) is 0 Å². The Morgan fingerprint density at radius 2 is 2.24 bits per heavy atom. The van der Waals surface area contributed by atoms with E-state index in [1.807, 2.05) is 0 Å². The summed E-state index contributed by atoms with van der Waals surface area (Å²) in [4.78, 5) is 12.0. The second-order valence-corrected chi connectivity index (χ2v) is 4.41. The SMILES string of the molecule is NC(=S)C(CN1CCCNC(=O)C1)C(F)(F)F. The summed E-state index contributed by atoms with van der Waals surface area (Å²) in [6, 6.07) is 0. The number of amides is 1. The molecule has 98 valence electrons. The van der Waals surface area contributed by atoms with Gasteiger partial charge in [-0.25, -0.2) is 0 Å². The quantitative estimate of drug-likeness (QED) is 0.722. The standard InChI is InChI=1S/C9H14F3N3OS/c10-9(11,12)6(8(13)17)4-15-3-1-2-14-7(16)5-15/h6H,1-5H2,(H2,13,17)(H,14,16). The molecule has 0 aromatic heterocycles. The van der Waals surface area contributed by atoms with Crippen LogP contribution in [0.25, 0.3) is 0 Å². The smallest absolute Gasteiger partial charge is 0.393 e. The van der Waals surface area contributed by atoms with E-state index in [0.717, 1.165) is 0 Å². The summed E-state index contributed by atoms with van der Waals surface area (Å²) in [7, 11) is 0. The number of carbonyl (C=O) groups is 1. The number of thiocarbonyl (C=S) groups is 1. The van der Waals surface area contributed by atoms with Crippen molar-refractivity contribution < 1.29 is 18.0 Å². The van der Waals surface area contributed by atoms with Crippen LogP contribution in [0, 0.1) is 5.92 Å². The fourth-order valence-corrected chi connectivity index (χ4v) is 1.85. The Hall–Kier alpha value is -0.890. The molecule has 1 rings (SSSR count). The molecular formula is C9H14F3N3OS. The zero-order chi connectivity index (χ0) is 13.1. The zero-order valence-electron chi connectivity index (χ0n) is 9.09. The summed E-state index contributed by atoms with van der Waals surface area (Å²) < 4.78 is 37.9. The second kappa shape index (κ2) is 5.63. The lowest BCUT2D eigenvalue weighted by atomic mass is 10.1. The first kappa shape index (κ1) is 14.2. The molecule has 3 N–H and O–H groups in total. The van der Waals surface area contributed by atoms with Gasteiger partial charge in [0.25, 0.3) is 0 Å². The molecule has 0 aliphatic carbocycles. The molecule has 1 amide bonds. The number of rotatable bonds is 3. The largest absolute Gasteiger partial charge is 0.399 e. The number of nitrogens with one attached hydrogen (secondary N) is 1. The van der Waals surface area contributed by atoms with Crippen molar-refractivity contribution in [1.29, 1.82) is 0 Å². The van der Waals surface area contributed by atoms with Crippen LogP contribution in [0.3, 0.4) is 0 Å². The van der Waals surface area contributed by atoms with Gasteiger partial charge in [0.1, 0.15) is 5.92 Å². The van der Waals surface area contributed by atoms with Crippen molar-refractivity contribution in [2.45, 2.75) is 12.6 Å². The maximum Gasteiger partial charge on any atom is 0.399 e. The van der Waals surface area contributed by atoms with Crippen molar-refractivity contribution >= 4 is 23.1 Å². The number of alkyl halides is 3. The molecule has 1 atom stereocenters. The summed E-state index contributed by atoms with van der Waals surface area (Å²) in [6.07, 6.45) is -3.84. The van der Waals surface area contributed by atoms with Crippen molar-refractivity contribution in [2.24, 2.45) is 11.7 Å². The van der Waals surface area contributed by atoms with Gasteiger partial charge in [0.15, 0.2) is 0 Å². The average Bonchev–Trinajstić information content (AvgIpc) is 2.36. The minimum Gasteiger partial charge on any atom is -0.393 e. The lowest BCUT2D eigenvalue weighted by Gasteiger charge is -2.26. The molecule has 0 saturated carbocycles. The molecule has 1 unspecified atom stereocenters. The molecule has 0 aromatic carbocycles. The van der Waals surface area contributed by atoms with Crippen LogP contribution < -0.4 is 11.1 Å². The van der Waals surface area contributed by atoms with Crippen molar-refractivity contribution in [2.75, 3.05) is 26.2 Å². The van der Waals surface area contributed by atoms with Gasteiger partial charge in [-0.3, -0.25) is 9.69 Å². The van der Waals surface area contributed by atoms with Gasteiger partial charge in [0.2, 0.25) is 5.91 Å². The number of nitrogens with two attached hydrogens (primary N) is 1. The molecule has 0 spiro atoms. The van der Waals surface area contributed by atoms with Gasteiger partial charge in [0, 0.05) is 19.6 Å². The molecular weight excluding hydrogens is 255 g/mol. The van der Waals surface area contributed by atoms with Gasteiger partial charge < -0.3 is 11.1 Å². The van der Waals surface area contributed by atoms with Crippen LogP contribution >= 0.6 is 12.2 Å². The van der Waals surface area contributed by atoms with Gasteiger partial charge in [-0.1, -0.05) is 12.2 Å². The Morgan fingerprint density at radius 3 is 2.76 bits per heavy atom. The second-order valence-electron chi connectivity index (χ2n) is 3.94. The maximum atomic E-state index is 12.6. The van der Waals surface area contributed by atoms with Crippen LogP contribution in [0.2, 0.25) is 0 Å². The zero-order valence-corrected chi connectivity index (χ0v) is 9.90. The fourth-order valence-electron chi connectivity index (χ4n) is 1.64. The lowest BCUT2D eigenvalue weighted by molar-refractivity contribution is -0.159. The monoisotopic (exact) mass is 269 g/mol. The van der Waals surface area contributed by atoms with E-state index in [2.05, 4.69) is 17.5 Å².